The smallest absolute Gasteiger partial charge is 0.293 e. The van der Waals surface area contributed by atoms with Gasteiger partial charge in [-0.05, 0) is 12.8 Å². The van der Waals surface area contributed by atoms with E-state index in [2.05, 4.69) is 0 Å². The highest BCUT2D eigenvalue weighted by Gasteiger charge is 2.13. The normalized spacial score (nSPS) is 10.4. The van der Waals surface area contributed by atoms with Gasteiger partial charge in [0.05, 0.1) is 6.67 Å². The van der Waals surface area contributed by atoms with E-state index in [9.17, 15) is 18.0 Å². The second-order valence-electron chi connectivity index (χ2n) is 1.91. The number of carbonyl (C=O) groups is 1. The van der Waals surface area contributed by atoms with E-state index < -0.39 is 18.9 Å². The summed E-state index contributed by atoms with van der Waals surface area (Å²) in [5.41, 5.74) is 0. The van der Waals surface area contributed by atoms with Crippen LogP contribution in [0.3, 0.4) is 0 Å². The van der Waals surface area contributed by atoms with Crippen molar-refractivity contribution in [3.05, 3.63) is 0 Å². The number of rotatable bonds is 5. The van der Waals surface area contributed by atoms with Crippen molar-refractivity contribution >= 4 is 5.78 Å². The van der Waals surface area contributed by atoms with Gasteiger partial charge >= 0.3 is 0 Å². The van der Waals surface area contributed by atoms with Crippen LogP contribution in [-0.2, 0) is 4.79 Å². The third-order valence-corrected chi connectivity index (χ3v) is 1.05. The van der Waals surface area contributed by atoms with Crippen LogP contribution in [-0.4, -0.2) is 18.9 Å². The monoisotopic (exact) mass is 154 g/mol. The van der Waals surface area contributed by atoms with E-state index in [1.165, 1.54) is 0 Å². The minimum Gasteiger partial charge on any atom is -0.293 e. The van der Waals surface area contributed by atoms with Crippen molar-refractivity contribution in [3.8, 4) is 0 Å². The maximum absolute atomic E-state index is 11.4. The molecule has 10 heavy (non-hydrogen) atoms. The Morgan fingerprint density at radius 2 is 1.90 bits per heavy atom. The number of alkyl halides is 3. The maximum Gasteiger partial charge on any atom is 0.295 e. The Labute approximate surface area is 57.2 Å². The first-order valence-corrected chi connectivity index (χ1v) is 3.05. The van der Waals surface area contributed by atoms with Crippen molar-refractivity contribution in [1.82, 2.24) is 0 Å². The molecule has 0 aromatic rings. The second-order valence-corrected chi connectivity index (χ2v) is 1.91. The van der Waals surface area contributed by atoms with Gasteiger partial charge in [0.25, 0.3) is 6.43 Å². The third-order valence-electron chi connectivity index (χ3n) is 1.05. The van der Waals surface area contributed by atoms with Crippen LogP contribution in [0.15, 0.2) is 0 Å². The SMILES string of the molecule is O=C(CCCCF)C(F)F. The molecule has 0 heterocycles. The summed E-state index contributed by atoms with van der Waals surface area (Å²) < 4.78 is 34.2. The Morgan fingerprint density at radius 1 is 1.30 bits per heavy atom. The van der Waals surface area contributed by atoms with Crippen molar-refractivity contribution in [1.29, 1.82) is 0 Å². The number of ketones is 1. The summed E-state index contributed by atoms with van der Waals surface area (Å²) in [5, 5.41) is 0. The lowest BCUT2D eigenvalue weighted by Gasteiger charge is -1.95. The van der Waals surface area contributed by atoms with Crippen molar-refractivity contribution in [3.63, 3.8) is 0 Å². The van der Waals surface area contributed by atoms with Crippen molar-refractivity contribution in [2.24, 2.45) is 0 Å². The lowest BCUT2D eigenvalue weighted by Crippen LogP contribution is -2.08. The molecule has 0 N–H and O–H groups in total. The van der Waals surface area contributed by atoms with Crippen LogP contribution in [0.4, 0.5) is 13.2 Å². The summed E-state index contributed by atoms with van der Waals surface area (Å²) in [6.07, 6.45) is -2.68. The molecule has 0 bridgehead atoms. The second kappa shape index (κ2) is 5.26. The number of halogens is 3. The van der Waals surface area contributed by atoms with Gasteiger partial charge in [-0.2, -0.15) is 0 Å². The molecule has 0 fully saturated rings. The zero-order chi connectivity index (χ0) is 7.98. The van der Waals surface area contributed by atoms with Gasteiger partial charge in [-0.25, -0.2) is 8.78 Å². The van der Waals surface area contributed by atoms with E-state index in [4.69, 9.17) is 0 Å². The summed E-state index contributed by atoms with van der Waals surface area (Å²) in [5.74, 6) is -1.09. The third kappa shape index (κ3) is 4.35. The summed E-state index contributed by atoms with van der Waals surface area (Å²) in [4.78, 5) is 10.1. The number of carbonyl (C=O) groups excluding carboxylic acids is 1. The first-order valence-electron chi connectivity index (χ1n) is 3.05. The van der Waals surface area contributed by atoms with Gasteiger partial charge in [0.1, 0.15) is 0 Å². The summed E-state index contributed by atoms with van der Waals surface area (Å²) in [7, 11) is 0. The van der Waals surface area contributed by atoms with E-state index in [-0.39, 0.29) is 19.3 Å². The molecule has 0 saturated heterocycles. The highest BCUT2D eigenvalue weighted by Crippen LogP contribution is 2.03. The van der Waals surface area contributed by atoms with Gasteiger partial charge < -0.3 is 0 Å². The van der Waals surface area contributed by atoms with Crippen LogP contribution in [0.2, 0.25) is 0 Å². The molecular weight excluding hydrogens is 145 g/mol. The minimum absolute atomic E-state index is 0.193. The fourth-order valence-electron chi connectivity index (χ4n) is 0.503. The summed E-state index contributed by atoms with van der Waals surface area (Å²) >= 11 is 0. The predicted molar refractivity (Wildman–Crippen MR) is 30.8 cm³/mol. The molecule has 0 amide bonds. The molecule has 0 atom stereocenters. The molecule has 0 radical (unpaired) electrons. The molecule has 0 aromatic heterocycles. The van der Waals surface area contributed by atoms with Crippen LogP contribution < -0.4 is 0 Å². The molecule has 0 unspecified atom stereocenters. The van der Waals surface area contributed by atoms with E-state index >= 15 is 0 Å². The number of unbranched alkanes of at least 4 members (excludes halogenated alkanes) is 1. The highest BCUT2D eigenvalue weighted by molar-refractivity contribution is 5.81. The molecule has 0 aliphatic heterocycles. The largest absolute Gasteiger partial charge is 0.295 e. The molecule has 0 rings (SSSR count). The van der Waals surface area contributed by atoms with Gasteiger partial charge in [-0.15, -0.1) is 0 Å². The average molecular weight is 154 g/mol. The van der Waals surface area contributed by atoms with Gasteiger partial charge in [-0.1, -0.05) is 0 Å². The molecule has 1 nitrogen and oxygen atoms in total. The van der Waals surface area contributed by atoms with Gasteiger partial charge in [0, 0.05) is 6.42 Å². The predicted octanol–water partition coefficient (Wildman–Crippen LogP) is 1.96. The zero-order valence-electron chi connectivity index (χ0n) is 5.45. The zero-order valence-corrected chi connectivity index (χ0v) is 5.45. The van der Waals surface area contributed by atoms with E-state index in [0.29, 0.717) is 0 Å². The Hall–Kier alpha value is -0.540. The van der Waals surface area contributed by atoms with Gasteiger partial charge in [0.2, 0.25) is 0 Å². The topological polar surface area (TPSA) is 17.1 Å². The lowest BCUT2D eigenvalue weighted by molar-refractivity contribution is -0.129. The summed E-state index contributed by atoms with van der Waals surface area (Å²) in [6, 6.07) is 0. The Bertz CT molecular complexity index is 103. The van der Waals surface area contributed by atoms with Crippen LogP contribution in [0.5, 0.6) is 0 Å². The molecule has 0 saturated carbocycles. The maximum atomic E-state index is 11.4. The first kappa shape index (κ1) is 9.46. The fraction of sp³-hybridized carbons (Fsp3) is 0.833. The quantitative estimate of drug-likeness (QED) is 0.553. The van der Waals surface area contributed by atoms with Gasteiger partial charge in [0.15, 0.2) is 5.78 Å². The van der Waals surface area contributed by atoms with Crippen LogP contribution >= 0.6 is 0 Å². The lowest BCUT2D eigenvalue weighted by atomic mass is 10.2. The van der Waals surface area contributed by atoms with E-state index in [0.717, 1.165) is 0 Å². The molecule has 0 aromatic carbocycles. The average Bonchev–Trinajstić information content (AvgIpc) is 1.88. The van der Waals surface area contributed by atoms with Crippen LogP contribution in [0.1, 0.15) is 19.3 Å². The van der Waals surface area contributed by atoms with Crippen molar-refractivity contribution < 1.29 is 18.0 Å². The number of hydrogen-bond donors (Lipinski definition) is 0. The van der Waals surface area contributed by atoms with E-state index in [1.54, 1.807) is 0 Å². The fourth-order valence-corrected chi connectivity index (χ4v) is 0.503. The summed E-state index contributed by atoms with van der Waals surface area (Å²) in [6.45, 7) is -0.545. The van der Waals surface area contributed by atoms with Gasteiger partial charge in [-0.3, -0.25) is 9.18 Å². The molecule has 0 spiro atoms. The molecule has 0 aliphatic carbocycles. The van der Waals surface area contributed by atoms with Crippen molar-refractivity contribution in [2.45, 2.75) is 25.7 Å². The standard InChI is InChI=1S/C6H9F3O/c7-4-2-1-3-5(10)6(8)9/h6H,1-4H2. The molecule has 60 valence electrons. The number of hydrogen-bond acceptors (Lipinski definition) is 1. The molecule has 0 aliphatic rings. The van der Waals surface area contributed by atoms with E-state index in [1.807, 2.05) is 0 Å². The first-order chi connectivity index (χ1) is 4.68. The molecular formula is C6H9F3O. The Morgan fingerprint density at radius 3 is 2.30 bits per heavy atom. The number of Topliss-reactive ketones (excluding diaryl/α,β-unsaturated/α-hetero) is 1. The van der Waals surface area contributed by atoms with Crippen LogP contribution in [0.25, 0.3) is 0 Å². The molecule has 4 heteroatoms. The van der Waals surface area contributed by atoms with Crippen molar-refractivity contribution in [2.75, 3.05) is 6.67 Å². The Balaban J connectivity index is 3.22. The minimum atomic E-state index is -2.89. The highest BCUT2D eigenvalue weighted by atomic mass is 19.3. The van der Waals surface area contributed by atoms with Crippen LogP contribution in [0, 0.1) is 0 Å². The Kier molecular flexibility index (Phi) is 4.98.